The number of nitrogens with one attached hydrogen (secondary N) is 1. The van der Waals surface area contributed by atoms with Gasteiger partial charge in [-0.2, -0.15) is 0 Å². The van der Waals surface area contributed by atoms with Gasteiger partial charge in [0, 0.05) is 12.1 Å². The topological polar surface area (TPSA) is 52.5 Å². The van der Waals surface area contributed by atoms with E-state index in [0.717, 1.165) is 12.8 Å². The number of hydrogen-bond donors (Lipinski definition) is 3. The minimum atomic E-state index is 0.0551. The number of aromatic hydroxyl groups is 1. The van der Waals surface area contributed by atoms with E-state index in [1.165, 1.54) is 11.1 Å². The standard InChI is InChI=1S/C18H23NO2/c1-14(11-16-7-9-18(21)10-8-16)19-17(13-20)12-15-5-3-2-4-6-15/h2-10,14,17,19-21H,11-13H2,1H3. The van der Waals surface area contributed by atoms with Crippen LogP contribution in [0.3, 0.4) is 0 Å². The lowest BCUT2D eigenvalue weighted by Crippen LogP contribution is -2.41. The molecular weight excluding hydrogens is 262 g/mol. The van der Waals surface area contributed by atoms with Gasteiger partial charge in [0.1, 0.15) is 5.75 Å². The van der Waals surface area contributed by atoms with Gasteiger partial charge >= 0.3 is 0 Å². The van der Waals surface area contributed by atoms with Crippen LogP contribution in [0.15, 0.2) is 54.6 Å². The summed E-state index contributed by atoms with van der Waals surface area (Å²) in [6.45, 7) is 2.23. The van der Waals surface area contributed by atoms with Gasteiger partial charge < -0.3 is 15.5 Å². The second kappa shape index (κ2) is 7.81. The first-order valence-electron chi connectivity index (χ1n) is 7.36. The number of aliphatic hydroxyl groups excluding tert-OH is 1. The Hall–Kier alpha value is -1.84. The summed E-state index contributed by atoms with van der Waals surface area (Å²) in [6, 6.07) is 17.8. The van der Waals surface area contributed by atoms with Gasteiger partial charge in [0.25, 0.3) is 0 Å². The number of phenols is 1. The number of hydrogen-bond acceptors (Lipinski definition) is 3. The normalized spacial score (nSPS) is 13.8. The summed E-state index contributed by atoms with van der Waals surface area (Å²) in [4.78, 5) is 0. The summed E-state index contributed by atoms with van der Waals surface area (Å²) < 4.78 is 0. The molecule has 2 unspecified atom stereocenters. The zero-order valence-corrected chi connectivity index (χ0v) is 12.4. The Morgan fingerprint density at radius 3 is 2.14 bits per heavy atom. The second-order valence-corrected chi connectivity index (χ2v) is 5.51. The van der Waals surface area contributed by atoms with E-state index in [1.54, 1.807) is 12.1 Å². The van der Waals surface area contributed by atoms with Gasteiger partial charge in [-0.1, -0.05) is 42.5 Å². The maximum atomic E-state index is 9.54. The molecule has 0 aromatic heterocycles. The Morgan fingerprint density at radius 2 is 1.52 bits per heavy atom. The number of phenolic OH excluding ortho intramolecular Hbond substituents is 1. The highest BCUT2D eigenvalue weighted by atomic mass is 16.3. The van der Waals surface area contributed by atoms with Crippen LogP contribution in [-0.4, -0.2) is 28.9 Å². The average Bonchev–Trinajstić information content (AvgIpc) is 2.50. The van der Waals surface area contributed by atoms with Crippen LogP contribution in [0.1, 0.15) is 18.1 Å². The maximum Gasteiger partial charge on any atom is 0.115 e. The summed E-state index contributed by atoms with van der Waals surface area (Å²) in [5.41, 5.74) is 2.39. The molecule has 0 saturated heterocycles. The molecule has 0 radical (unpaired) electrons. The van der Waals surface area contributed by atoms with Crippen molar-refractivity contribution in [2.24, 2.45) is 0 Å². The Morgan fingerprint density at radius 1 is 0.905 bits per heavy atom. The lowest BCUT2D eigenvalue weighted by molar-refractivity contribution is 0.232. The SMILES string of the molecule is CC(Cc1ccc(O)cc1)NC(CO)Cc1ccccc1. The fourth-order valence-electron chi connectivity index (χ4n) is 2.52. The van der Waals surface area contributed by atoms with Crippen LogP contribution < -0.4 is 5.32 Å². The summed E-state index contributed by atoms with van der Waals surface area (Å²) in [6.07, 6.45) is 1.68. The van der Waals surface area contributed by atoms with E-state index >= 15 is 0 Å². The first-order valence-corrected chi connectivity index (χ1v) is 7.36. The Labute approximate surface area is 126 Å². The molecule has 2 rings (SSSR count). The van der Waals surface area contributed by atoms with E-state index in [9.17, 15) is 10.2 Å². The van der Waals surface area contributed by atoms with Gasteiger partial charge in [0.05, 0.1) is 6.61 Å². The van der Waals surface area contributed by atoms with Crippen molar-refractivity contribution < 1.29 is 10.2 Å². The number of aliphatic hydroxyl groups is 1. The van der Waals surface area contributed by atoms with Gasteiger partial charge in [-0.3, -0.25) is 0 Å². The summed E-state index contributed by atoms with van der Waals surface area (Å²) in [5, 5.41) is 22.3. The van der Waals surface area contributed by atoms with Crippen LogP contribution in [0.25, 0.3) is 0 Å². The zero-order valence-electron chi connectivity index (χ0n) is 12.4. The van der Waals surface area contributed by atoms with Gasteiger partial charge in [0.15, 0.2) is 0 Å². The highest BCUT2D eigenvalue weighted by Crippen LogP contribution is 2.12. The molecular formula is C18H23NO2. The highest BCUT2D eigenvalue weighted by Gasteiger charge is 2.12. The fraction of sp³-hybridized carbons (Fsp3) is 0.333. The van der Waals surface area contributed by atoms with Crippen molar-refractivity contribution in [3.8, 4) is 5.75 Å². The molecule has 0 bridgehead atoms. The maximum absolute atomic E-state index is 9.54. The van der Waals surface area contributed by atoms with Crippen LogP contribution in [0.2, 0.25) is 0 Å². The molecule has 0 spiro atoms. The predicted octanol–water partition coefficient (Wildman–Crippen LogP) is 2.52. The van der Waals surface area contributed by atoms with Crippen molar-refractivity contribution in [3.63, 3.8) is 0 Å². The summed E-state index contributed by atoms with van der Waals surface area (Å²) in [5.74, 6) is 0.289. The van der Waals surface area contributed by atoms with Crippen LogP contribution >= 0.6 is 0 Å². The minimum Gasteiger partial charge on any atom is -0.508 e. The van der Waals surface area contributed by atoms with Crippen LogP contribution in [0.5, 0.6) is 5.75 Å². The molecule has 21 heavy (non-hydrogen) atoms. The fourth-order valence-corrected chi connectivity index (χ4v) is 2.52. The van der Waals surface area contributed by atoms with Crippen molar-refractivity contribution in [3.05, 3.63) is 65.7 Å². The molecule has 0 aliphatic heterocycles. The first-order chi connectivity index (χ1) is 10.2. The number of rotatable bonds is 7. The second-order valence-electron chi connectivity index (χ2n) is 5.51. The zero-order chi connectivity index (χ0) is 15.1. The first kappa shape index (κ1) is 15.5. The quantitative estimate of drug-likeness (QED) is 0.732. The van der Waals surface area contributed by atoms with E-state index in [0.29, 0.717) is 0 Å². The minimum absolute atomic E-state index is 0.0551. The molecule has 0 saturated carbocycles. The predicted molar refractivity (Wildman–Crippen MR) is 85.4 cm³/mol. The van der Waals surface area contributed by atoms with Crippen molar-refractivity contribution >= 4 is 0 Å². The van der Waals surface area contributed by atoms with Crippen molar-refractivity contribution in [1.29, 1.82) is 0 Å². The Kier molecular flexibility index (Phi) is 5.78. The monoisotopic (exact) mass is 285 g/mol. The molecule has 0 aliphatic carbocycles. The molecule has 2 atom stereocenters. The molecule has 3 heteroatoms. The average molecular weight is 285 g/mol. The number of benzene rings is 2. The lowest BCUT2D eigenvalue weighted by atomic mass is 10.0. The highest BCUT2D eigenvalue weighted by molar-refractivity contribution is 5.26. The van der Waals surface area contributed by atoms with E-state index in [2.05, 4.69) is 24.4 Å². The van der Waals surface area contributed by atoms with Gasteiger partial charge in [-0.05, 0) is 43.0 Å². The molecule has 0 heterocycles. The summed E-state index contributed by atoms with van der Waals surface area (Å²) >= 11 is 0. The third-order valence-electron chi connectivity index (χ3n) is 3.54. The molecule has 2 aromatic rings. The van der Waals surface area contributed by atoms with Crippen LogP contribution in [0, 0.1) is 0 Å². The third kappa shape index (κ3) is 5.21. The largest absolute Gasteiger partial charge is 0.508 e. The third-order valence-corrected chi connectivity index (χ3v) is 3.54. The van der Waals surface area contributed by atoms with Gasteiger partial charge in [-0.25, -0.2) is 0 Å². The molecule has 3 nitrogen and oxygen atoms in total. The van der Waals surface area contributed by atoms with Gasteiger partial charge in [0.2, 0.25) is 0 Å². The Balaban J connectivity index is 1.87. The summed E-state index contributed by atoms with van der Waals surface area (Å²) in [7, 11) is 0. The molecule has 2 aromatic carbocycles. The Bertz CT molecular complexity index is 525. The van der Waals surface area contributed by atoms with Crippen molar-refractivity contribution in [2.75, 3.05) is 6.61 Å². The van der Waals surface area contributed by atoms with Crippen molar-refractivity contribution in [2.45, 2.75) is 31.8 Å². The van der Waals surface area contributed by atoms with Crippen LogP contribution in [0.4, 0.5) is 0 Å². The van der Waals surface area contributed by atoms with Crippen molar-refractivity contribution in [1.82, 2.24) is 5.32 Å². The molecule has 0 amide bonds. The molecule has 0 aliphatic rings. The lowest BCUT2D eigenvalue weighted by Gasteiger charge is -2.22. The van der Waals surface area contributed by atoms with E-state index < -0.39 is 0 Å². The van der Waals surface area contributed by atoms with E-state index in [4.69, 9.17) is 0 Å². The molecule has 112 valence electrons. The van der Waals surface area contributed by atoms with E-state index in [-0.39, 0.29) is 24.4 Å². The molecule has 0 fully saturated rings. The molecule has 3 N–H and O–H groups in total. The smallest absolute Gasteiger partial charge is 0.115 e. The van der Waals surface area contributed by atoms with Crippen LogP contribution in [-0.2, 0) is 12.8 Å². The van der Waals surface area contributed by atoms with Gasteiger partial charge in [-0.15, -0.1) is 0 Å². The van der Waals surface area contributed by atoms with E-state index in [1.807, 2.05) is 30.3 Å².